The maximum Gasteiger partial charge on any atom is 0.255 e. The van der Waals surface area contributed by atoms with Crippen molar-refractivity contribution < 1.29 is 13.2 Å². The van der Waals surface area contributed by atoms with Crippen molar-refractivity contribution in [1.82, 2.24) is 4.31 Å². The number of carbonyl (C=O) groups is 1. The fourth-order valence-electron chi connectivity index (χ4n) is 3.41. The Morgan fingerprint density at radius 2 is 1.57 bits per heavy atom. The smallest absolute Gasteiger partial charge is 0.255 e. The van der Waals surface area contributed by atoms with Crippen molar-refractivity contribution in [3.8, 4) is 0 Å². The van der Waals surface area contributed by atoms with Crippen molar-refractivity contribution in [1.29, 1.82) is 0 Å². The minimum Gasteiger partial charge on any atom is -0.322 e. The first kappa shape index (κ1) is 21.1. The zero-order valence-corrected chi connectivity index (χ0v) is 17.8. The van der Waals surface area contributed by atoms with Crippen LogP contribution in [0.4, 0.5) is 5.69 Å². The molecular formula is C20H22Cl2N2O3S. The summed E-state index contributed by atoms with van der Waals surface area (Å²) in [6.07, 6.45) is 5.04. The second kappa shape index (κ2) is 8.82. The first-order valence-electron chi connectivity index (χ1n) is 9.13. The minimum absolute atomic E-state index is 0.0364. The second-order valence-electron chi connectivity index (χ2n) is 6.95. The number of halogens is 2. The molecular weight excluding hydrogens is 419 g/mol. The number of sulfonamides is 1. The van der Waals surface area contributed by atoms with Crippen molar-refractivity contribution >= 4 is 44.8 Å². The molecule has 1 aliphatic rings. The molecule has 0 heterocycles. The van der Waals surface area contributed by atoms with Crippen LogP contribution in [0.25, 0.3) is 0 Å². The summed E-state index contributed by atoms with van der Waals surface area (Å²) in [4.78, 5) is 12.6. The molecule has 0 atom stereocenters. The summed E-state index contributed by atoms with van der Waals surface area (Å²) in [6, 6.07) is 10.7. The molecule has 28 heavy (non-hydrogen) atoms. The number of rotatable bonds is 5. The van der Waals surface area contributed by atoms with E-state index in [1.165, 1.54) is 28.6 Å². The molecule has 0 spiro atoms. The van der Waals surface area contributed by atoms with Crippen LogP contribution in [0, 0.1) is 0 Å². The Morgan fingerprint density at radius 1 is 1.00 bits per heavy atom. The highest BCUT2D eigenvalue weighted by atomic mass is 35.5. The van der Waals surface area contributed by atoms with Crippen LogP contribution < -0.4 is 5.32 Å². The number of nitrogens with one attached hydrogen (secondary N) is 1. The highest BCUT2D eigenvalue weighted by molar-refractivity contribution is 7.89. The molecule has 5 nitrogen and oxygen atoms in total. The van der Waals surface area contributed by atoms with Gasteiger partial charge in [-0.2, -0.15) is 4.31 Å². The average Bonchev–Trinajstić information content (AvgIpc) is 2.67. The molecule has 0 radical (unpaired) electrons. The molecule has 1 amide bonds. The molecule has 0 aliphatic heterocycles. The van der Waals surface area contributed by atoms with E-state index in [2.05, 4.69) is 5.32 Å². The quantitative estimate of drug-likeness (QED) is 0.694. The van der Waals surface area contributed by atoms with E-state index in [0.717, 1.165) is 32.1 Å². The molecule has 1 N–H and O–H groups in total. The number of hydrogen-bond acceptors (Lipinski definition) is 3. The molecule has 1 saturated carbocycles. The summed E-state index contributed by atoms with van der Waals surface area (Å²) >= 11 is 11.9. The minimum atomic E-state index is -3.58. The fraction of sp³-hybridized carbons (Fsp3) is 0.350. The zero-order valence-electron chi connectivity index (χ0n) is 15.5. The van der Waals surface area contributed by atoms with E-state index < -0.39 is 10.0 Å². The van der Waals surface area contributed by atoms with Gasteiger partial charge in [-0.25, -0.2) is 8.42 Å². The van der Waals surface area contributed by atoms with Gasteiger partial charge in [0.1, 0.15) is 0 Å². The Bertz CT molecular complexity index is 936. The van der Waals surface area contributed by atoms with Gasteiger partial charge in [-0.1, -0.05) is 42.5 Å². The molecule has 0 saturated heterocycles. The van der Waals surface area contributed by atoms with Crippen LogP contribution in [0.1, 0.15) is 42.5 Å². The van der Waals surface area contributed by atoms with Gasteiger partial charge in [0.2, 0.25) is 10.0 Å². The summed E-state index contributed by atoms with van der Waals surface area (Å²) in [5.41, 5.74) is 0.812. The van der Waals surface area contributed by atoms with Crippen molar-refractivity contribution in [2.45, 2.75) is 43.0 Å². The second-order valence-corrected chi connectivity index (χ2v) is 9.82. The molecule has 8 heteroatoms. The molecule has 0 unspecified atom stereocenters. The molecule has 2 aromatic carbocycles. The first-order valence-corrected chi connectivity index (χ1v) is 11.3. The third-order valence-electron chi connectivity index (χ3n) is 5.00. The molecule has 150 valence electrons. The van der Waals surface area contributed by atoms with E-state index in [1.54, 1.807) is 25.2 Å². The summed E-state index contributed by atoms with van der Waals surface area (Å²) in [6.45, 7) is 0. The Balaban J connectivity index is 1.74. The third-order valence-corrected chi connectivity index (χ3v) is 7.36. The molecule has 1 fully saturated rings. The van der Waals surface area contributed by atoms with Gasteiger partial charge >= 0.3 is 0 Å². The van der Waals surface area contributed by atoms with Crippen LogP contribution in [-0.4, -0.2) is 31.7 Å². The number of hydrogen-bond donors (Lipinski definition) is 1. The molecule has 0 aromatic heterocycles. The zero-order chi connectivity index (χ0) is 20.3. The highest BCUT2D eigenvalue weighted by Gasteiger charge is 2.29. The predicted octanol–water partition coefficient (Wildman–Crippen LogP) is 5.20. The molecule has 0 bridgehead atoms. The van der Waals surface area contributed by atoms with E-state index >= 15 is 0 Å². The monoisotopic (exact) mass is 440 g/mol. The highest BCUT2D eigenvalue weighted by Crippen LogP contribution is 2.27. The van der Waals surface area contributed by atoms with E-state index in [9.17, 15) is 13.2 Å². The Kier molecular flexibility index (Phi) is 6.65. The lowest BCUT2D eigenvalue weighted by molar-refractivity contribution is 0.102. The SMILES string of the molecule is CN(C1CCCCC1)S(=O)(=O)c1ccc(C(=O)Nc2cc(Cl)cc(Cl)c2)cc1. The van der Waals surface area contributed by atoms with Gasteiger partial charge in [0.25, 0.3) is 5.91 Å². The van der Waals surface area contributed by atoms with Crippen LogP contribution in [0.5, 0.6) is 0 Å². The number of anilines is 1. The third kappa shape index (κ3) is 4.87. The van der Waals surface area contributed by atoms with E-state index in [4.69, 9.17) is 23.2 Å². The van der Waals surface area contributed by atoms with Crippen LogP contribution in [0.3, 0.4) is 0 Å². The van der Waals surface area contributed by atoms with Crippen molar-refractivity contribution in [3.63, 3.8) is 0 Å². The molecule has 1 aliphatic carbocycles. The van der Waals surface area contributed by atoms with Gasteiger partial charge in [0, 0.05) is 34.4 Å². The van der Waals surface area contributed by atoms with Gasteiger partial charge in [-0.3, -0.25) is 4.79 Å². The van der Waals surface area contributed by atoms with Gasteiger partial charge < -0.3 is 5.32 Å². The lowest BCUT2D eigenvalue weighted by atomic mass is 9.96. The van der Waals surface area contributed by atoms with Crippen LogP contribution in [-0.2, 0) is 10.0 Å². The first-order chi connectivity index (χ1) is 13.3. The summed E-state index contributed by atoms with van der Waals surface area (Å²) < 4.78 is 27.2. The van der Waals surface area contributed by atoms with Gasteiger partial charge in [-0.05, 0) is 55.3 Å². The fourth-order valence-corrected chi connectivity index (χ4v) is 5.36. The number of carbonyl (C=O) groups excluding carboxylic acids is 1. The Hall–Kier alpha value is -1.60. The van der Waals surface area contributed by atoms with E-state index in [0.29, 0.717) is 21.3 Å². The average molecular weight is 441 g/mol. The van der Waals surface area contributed by atoms with E-state index in [-0.39, 0.29) is 16.8 Å². The van der Waals surface area contributed by atoms with Crippen molar-refractivity contribution in [3.05, 3.63) is 58.1 Å². The summed E-state index contributed by atoms with van der Waals surface area (Å²) in [5, 5.41) is 3.53. The topological polar surface area (TPSA) is 66.5 Å². The van der Waals surface area contributed by atoms with Crippen LogP contribution >= 0.6 is 23.2 Å². The lowest BCUT2D eigenvalue weighted by Crippen LogP contribution is -2.38. The molecule has 2 aromatic rings. The van der Waals surface area contributed by atoms with Gasteiger partial charge in [0.15, 0.2) is 0 Å². The maximum atomic E-state index is 12.9. The van der Waals surface area contributed by atoms with Crippen molar-refractivity contribution in [2.75, 3.05) is 12.4 Å². The Morgan fingerprint density at radius 3 is 2.14 bits per heavy atom. The summed E-state index contributed by atoms with van der Waals surface area (Å²) in [5.74, 6) is -0.372. The predicted molar refractivity (Wildman–Crippen MR) is 113 cm³/mol. The van der Waals surface area contributed by atoms with Gasteiger partial charge in [-0.15, -0.1) is 0 Å². The largest absolute Gasteiger partial charge is 0.322 e. The normalized spacial score (nSPS) is 15.6. The Labute approximate surface area is 175 Å². The standard InChI is InChI=1S/C20H22Cl2N2O3S/c1-24(18-5-3-2-4-6-18)28(26,27)19-9-7-14(8-10-19)20(25)23-17-12-15(21)11-16(22)13-17/h7-13,18H,2-6H2,1H3,(H,23,25). The molecule has 3 rings (SSSR count). The summed E-state index contributed by atoms with van der Waals surface area (Å²) in [7, 11) is -1.95. The van der Waals surface area contributed by atoms with Crippen LogP contribution in [0.15, 0.2) is 47.4 Å². The number of nitrogens with zero attached hydrogens (tertiary/aromatic N) is 1. The number of amides is 1. The lowest BCUT2D eigenvalue weighted by Gasteiger charge is -2.30. The van der Waals surface area contributed by atoms with Crippen molar-refractivity contribution in [2.24, 2.45) is 0 Å². The maximum absolute atomic E-state index is 12.9. The van der Waals surface area contributed by atoms with E-state index in [1.807, 2.05) is 0 Å². The van der Waals surface area contributed by atoms with Gasteiger partial charge in [0.05, 0.1) is 4.90 Å². The number of benzene rings is 2. The van der Waals surface area contributed by atoms with Crippen LogP contribution in [0.2, 0.25) is 10.0 Å².